The number of methoxy groups -OCH3 is 5. The summed E-state index contributed by atoms with van der Waals surface area (Å²) in [5.41, 5.74) is -0.736. The molecule has 4 atom stereocenters. The zero-order valence-electron chi connectivity index (χ0n) is 25.0. The molecule has 11 heteroatoms. The van der Waals surface area contributed by atoms with Crippen LogP contribution in [-0.4, -0.2) is 63.3 Å². The average molecular weight is 575 g/mol. The Morgan fingerprint density at radius 2 is 1.37 bits per heavy atom. The van der Waals surface area contributed by atoms with Crippen molar-refractivity contribution >= 4 is 11.9 Å². The fourth-order valence-corrected chi connectivity index (χ4v) is 5.10. The van der Waals surface area contributed by atoms with Crippen LogP contribution in [-0.2, 0) is 19.1 Å². The molecule has 0 bridgehead atoms. The maximum atomic E-state index is 13.2. The molecule has 3 rings (SSSR count). The molecule has 0 radical (unpaired) electrons. The molecule has 0 aromatic heterocycles. The Balaban J connectivity index is 2.67. The van der Waals surface area contributed by atoms with Gasteiger partial charge in [-0.2, -0.15) is 0 Å². The van der Waals surface area contributed by atoms with E-state index >= 15 is 0 Å². The minimum Gasteiger partial charge on any atom is -0.504 e. The summed E-state index contributed by atoms with van der Waals surface area (Å²) in [6.07, 6.45) is -0.950. The zero-order chi connectivity index (χ0) is 30.8. The van der Waals surface area contributed by atoms with Gasteiger partial charge in [-0.1, -0.05) is 13.0 Å². The molecule has 2 N–H and O–H groups in total. The van der Waals surface area contributed by atoms with Gasteiger partial charge in [0.05, 0.1) is 35.5 Å². The highest BCUT2D eigenvalue weighted by molar-refractivity contribution is 5.91. The molecule has 0 unspecified atom stereocenters. The van der Waals surface area contributed by atoms with Crippen LogP contribution in [0.15, 0.2) is 23.8 Å². The lowest BCUT2D eigenvalue weighted by Crippen LogP contribution is -2.46. The highest BCUT2D eigenvalue weighted by Crippen LogP contribution is 2.60. The molecule has 0 spiro atoms. The molecule has 0 aliphatic heterocycles. The van der Waals surface area contributed by atoms with Crippen LogP contribution in [0.2, 0.25) is 0 Å². The molecule has 0 saturated heterocycles. The molecule has 0 fully saturated rings. The summed E-state index contributed by atoms with van der Waals surface area (Å²) in [6.45, 7) is 7.63. The number of hydrogen-bond donors (Lipinski definition) is 2. The largest absolute Gasteiger partial charge is 0.504 e. The van der Waals surface area contributed by atoms with Gasteiger partial charge in [-0.25, -0.2) is 4.79 Å². The van der Waals surface area contributed by atoms with E-state index in [0.29, 0.717) is 11.1 Å². The third-order valence-corrected chi connectivity index (χ3v) is 7.55. The van der Waals surface area contributed by atoms with Gasteiger partial charge < -0.3 is 43.4 Å². The van der Waals surface area contributed by atoms with Crippen LogP contribution < -0.4 is 23.7 Å². The van der Waals surface area contributed by atoms with E-state index in [4.69, 9.17) is 33.2 Å². The minimum atomic E-state index is -1.87. The lowest BCUT2D eigenvalue weighted by molar-refractivity contribution is -0.182. The molecule has 1 aliphatic carbocycles. The van der Waals surface area contributed by atoms with Gasteiger partial charge in [0.1, 0.15) is 11.7 Å². The van der Waals surface area contributed by atoms with Crippen molar-refractivity contribution in [2.45, 2.75) is 52.4 Å². The smallest absolute Gasteiger partial charge is 0.334 e. The van der Waals surface area contributed by atoms with E-state index in [2.05, 4.69) is 0 Å². The summed E-state index contributed by atoms with van der Waals surface area (Å²) in [6, 6.07) is 3.11. The Labute approximate surface area is 239 Å². The van der Waals surface area contributed by atoms with Crippen molar-refractivity contribution in [3.8, 4) is 45.6 Å². The van der Waals surface area contributed by atoms with Crippen molar-refractivity contribution in [1.82, 2.24) is 0 Å². The number of phenolic OH excluding ortho intramolecular Hbond substituents is 1. The molecule has 224 valence electrons. The SMILES string of the molecule is C/C=C(\C)C(=O)O[C@H]1c2cc(OC)c(OC)c(O)c2-c2c(cc(OC)c(OC)c2OC)[C@H](OC(C)=O)[C@H](C)[C@]1(C)O. The first-order valence-electron chi connectivity index (χ1n) is 12.9. The fraction of sp³-hybridized carbons (Fsp3) is 0.467. The van der Waals surface area contributed by atoms with E-state index in [-0.39, 0.29) is 45.4 Å². The van der Waals surface area contributed by atoms with Crippen LogP contribution >= 0.6 is 0 Å². The lowest BCUT2D eigenvalue weighted by Gasteiger charge is -2.43. The molecule has 0 amide bonds. The second-order valence-corrected chi connectivity index (χ2v) is 9.84. The maximum absolute atomic E-state index is 13.2. The van der Waals surface area contributed by atoms with E-state index in [1.54, 1.807) is 32.9 Å². The standard InChI is InChI=1S/C30H38O11/c1-11-14(2)29(33)41-28-18-13-19(35-6)25(37-8)23(32)21(18)22-17(12-20(36-7)26(38-9)27(22)39-10)24(40-16(4)31)15(3)30(28,5)34/h11-13,15,24,28,32,34H,1-10H3/b14-11+/t15-,24+,28-,30-/m0/s1. The Kier molecular flexibility index (Phi) is 9.33. The first-order chi connectivity index (χ1) is 19.3. The summed E-state index contributed by atoms with van der Waals surface area (Å²) < 4.78 is 39.8. The Hall–Kier alpha value is -4.12. The summed E-state index contributed by atoms with van der Waals surface area (Å²) in [5, 5.41) is 23.9. The van der Waals surface area contributed by atoms with Crippen LogP contribution in [0.5, 0.6) is 34.5 Å². The topological polar surface area (TPSA) is 139 Å². The highest BCUT2D eigenvalue weighted by atomic mass is 16.6. The van der Waals surface area contributed by atoms with Gasteiger partial charge in [0, 0.05) is 40.7 Å². The number of hydrogen-bond acceptors (Lipinski definition) is 11. The van der Waals surface area contributed by atoms with E-state index in [0.717, 1.165) is 0 Å². The second-order valence-electron chi connectivity index (χ2n) is 9.84. The van der Waals surface area contributed by atoms with Crippen molar-refractivity contribution in [3.63, 3.8) is 0 Å². The zero-order valence-corrected chi connectivity index (χ0v) is 25.0. The Morgan fingerprint density at radius 3 is 1.85 bits per heavy atom. The number of aromatic hydroxyl groups is 1. The number of benzene rings is 2. The number of fused-ring (bicyclic) bond motifs is 3. The first-order valence-corrected chi connectivity index (χ1v) is 12.9. The number of esters is 2. The van der Waals surface area contributed by atoms with E-state index < -0.39 is 41.4 Å². The summed E-state index contributed by atoms with van der Waals surface area (Å²) >= 11 is 0. The number of phenols is 1. The van der Waals surface area contributed by atoms with Crippen molar-refractivity contribution in [2.24, 2.45) is 5.92 Å². The minimum absolute atomic E-state index is 0.0268. The number of aliphatic hydroxyl groups is 1. The maximum Gasteiger partial charge on any atom is 0.334 e. The monoisotopic (exact) mass is 574 g/mol. The van der Waals surface area contributed by atoms with Gasteiger partial charge in [-0.15, -0.1) is 0 Å². The van der Waals surface area contributed by atoms with Gasteiger partial charge in [-0.05, 0) is 32.9 Å². The average Bonchev–Trinajstić information content (AvgIpc) is 2.95. The second kappa shape index (κ2) is 12.2. The molecule has 11 nitrogen and oxygen atoms in total. The quantitative estimate of drug-likeness (QED) is 0.336. The number of allylic oxidation sites excluding steroid dienone is 1. The van der Waals surface area contributed by atoms with Crippen LogP contribution in [0, 0.1) is 5.92 Å². The number of ether oxygens (including phenoxy) is 7. The van der Waals surface area contributed by atoms with Crippen LogP contribution in [0.3, 0.4) is 0 Å². The summed E-state index contributed by atoms with van der Waals surface area (Å²) in [4.78, 5) is 25.6. The van der Waals surface area contributed by atoms with Crippen LogP contribution in [0.25, 0.3) is 11.1 Å². The van der Waals surface area contributed by atoms with Crippen LogP contribution in [0.1, 0.15) is 58.0 Å². The fourth-order valence-electron chi connectivity index (χ4n) is 5.10. The van der Waals surface area contributed by atoms with Gasteiger partial charge in [0.15, 0.2) is 29.1 Å². The van der Waals surface area contributed by atoms with Crippen molar-refractivity contribution < 1.29 is 53.0 Å². The molecule has 1 aliphatic rings. The third-order valence-electron chi connectivity index (χ3n) is 7.55. The van der Waals surface area contributed by atoms with Crippen molar-refractivity contribution in [3.05, 3.63) is 34.9 Å². The Bertz CT molecular complexity index is 1360. The van der Waals surface area contributed by atoms with Gasteiger partial charge in [-0.3, -0.25) is 4.79 Å². The number of carbonyl (C=O) groups is 2. The van der Waals surface area contributed by atoms with Gasteiger partial charge >= 0.3 is 11.9 Å². The van der Waals surface area contributed by atoms with Crippen LogP contribution in [0.4, 0.5) is 0 Å². The summed E-state index contributed by atoms with van der Waals surface area (Å²) in [5.74, 6) is -1.96. The molecule has 0 heterocycles. The molecule has 41 heavy (non-hydrogen) atoms. The van der Waals surface area contributed by atoms with Crippen molar-refractivity contribution in [2.75, 3.05) is 35.5 Å². The third kappa shape index (κ3) is 5.33. The molecule has 0 saturated carbocycles. The molecular weight excluding hydrogens is 536 g/mol. The predicted octanol–water partition coefficient (Wildman–Crippen LogP) is 4.66. The number of carbonyl (C=O) groups excluding carboxylic acids is 2. The molecular formula is C30H38O11. The summed E-state index contributed by atoms with van der Waals surface area (Å²) in [7, 11) is 7.00. The first kappa shape index (κ1) is 31.4. The van der Waals surface area contributed by atoms with Gasteiger partial charge in [0.25, 0.3) is 0 Å². The predicted molar refractivity (Wildman–Crippen MR) is 149 cm³/mol. The lowest BCUT2D eigenvalue weighted by atomic mass is 9.71. The molecule has 2 aromatic carbocycles. The van der Waals surface area contributed by atoms with Crippen molar-refractivity contribution in [1.29, 1.82) is 0 Å². The number of rotatable bonds is 8. The highest BCUT2D eigenvalue weighted by Gasteiger charge is 2.51. The molecule has 2 aromatic rings. The Morgan fingerprint density at radius 1 is 0.829 bits per heavy atom. The normalized spacial score (nSPS) is 21.8. The van der Waals surface area contributed by atoms with E-state index in [1.807, 2.05) is 0 Å². The van der Waals surface area contributed by atoms with Gasteiger partial charge in [0.2, 0.25) is 11.5 Å². The van der Waals surface area contributed by atoms with E-state index in [9.17, 15) is 19.8 Å². The van der Waals surface area contributed by atoms with E-state index in [1.165, 1.54) is 55.5 Å².